The van der Waals surface area contributed by atoms with Gasteiger partial charge in [-0.2, -0.15) is 4.99 Å². The van der Waals surface area contributed by atoms with Gasteiger partial charge in [0.2, 0.25) is 15.8 Å². The van der Waals surface area contributed by atoms with E-state index < -0.39 is 55.2 Å². The first-order chi connectivity index (χ1) is 27.2. The van der Waals surface area contributed by atoms with Gasteiger partial charge in [0.05, 0.1) is 30.3 Å². The molecule has 0 bridgehead atoms. The fourth-order valence-corrected chi connectivity index (χ4v) is 9.78. The van der Waals surface area contributed by atoms with Crippen LogP contribution in [0.4, 0.5) is 30.6 Å². The van der Waals surface area contributed by atoms with E-state index in [2.05, 4.69) is 31.3 Å². The highest BCUT2D eigenvalue weighted by molar-refractivity contribution is 8.01. The van der Waals surface area contributed by atoms with Crippen LogP contribution in [0.5, 0.6) is 0 Å². The number of unbranched alkanes of at least 4 members (excludes halogenated alkanes) is 1. The fraction of sp³-hybridized carbons (Fsp3) is 0.405. The molecule has 3 rings (SSSR count). The Balaban J connectivity index is 2.18. The van der Waals surface area contributed by atoms with E-state index >= 15 is 0 Å². The molecule has 0 saturated heterocycles. The van der Waals surface area contributed by atoms with Crippen LogP contribution in [0.2, 0.25) is 0 Å². The maximum Gasteiger partial charge on any atom is 0.433 e. The second-order valence-corrected chi connectivity index (χ2v) is 21.2. The van der Waals surface area contributed by atoms with Gasteiger partial charge in [-0.15, -0.1) is 23.1 Å². The lowest BCUT2D eigenvalue weighted by molar-refractivity contribution is 0.0545. The number of nitrogens with one attached hydrogen (secondary N) is 4. The smallest absolute Gasteiger partial charge is 0.433 e. The van der Waals surface area contributed by atoms with Crippen molar-refractivity contribution < 1.29 is 50.6 Å². The number of thioether (sulfide) groups is 1. The molecular weight excluding hydrogens is 847 g/mol. The summed E-state index contributed by atoms with van der Waals surface area (Å²) in [7, 11) is -7.43. The monoisotopic (exact) mass is 895 g/mol. The number of carbonyl (C=O) groups is 4. The average molecular weight is 896 g/mol. The van der Waals surface area contributed by atoms with Crippen molar-refractivity contribution in [3.63, 3.8) is 0 Å². The van der Waals surface area contributed by atoms with Crippen molar-refractivity contribution in [3.05, 3.63) is 52.9 Å². The van der Waals surface area contributed by atoms with Crippen molar-refractivity contribution >= 4 is 90.3 Å². The fourth-order valence-electron chi connectivity index (χ4n) is 5.11. The quantitative estimate of drug-likeness (QED) is 0.0482. The molecule has 0 aliphatic rings. The van der Waals surface area contributed by atoms with Crippen LogP contribution in [0, 0.1) is 6.92 Å². The van der Waals surface area contributed by atoms with Gasteiger partial charge in [0.1, 0.15) is 26.9 Å². The first-order valence-corrected chi connectivity index (χ1v) is 23.3. The molecule has 22 heteroatoms. The van der Waals surface area contributed by atoms with Crippen molar-refractivity contribution in [2.75, 3.05) is 30.1 Å². The molecule has 0 aliphatic carbocycles. The third-order valence-electron chi connectivity index (χ3n) is 7.32. The molecule has 59 heavy (non-hydrogen) atoms. The van der Waals surface area contributed by atoms with Crippen molar-refractivity contribution in [2.24, 2.45) is 15.7 Å². The molecule has 1 heterocycles. The molecule has 0 unspecified atom stereocenters. The SMILES string of the molecule is CSc1sc(/C(N)=N\C(=O)O)cc1S(=O)(=O)c1cccc(-c2c(C)cc(N=C(NC(=O)OC(C)(C)C)NC(=O)OC(C)(C)C)cc2NC(=O)NCCCCS(C)(=O)=O)c1. The number of carbonyl (C=O) groups excluding carboxylic acids is 3. The Bertz CT molecular complexity index is 2330. The Hall–Kier alpha value is -5.19. The third kappa shape index (κ3) is 15.5. The molecule has 0 aliphatic heterocycles. The van der Waals surface area contributed by atoms with Crippen LogP contribution in [0.1, 0.15) is 64.8 Å². The van der Waals surface area contributed by atoms with Gasteiger partial charge in [0, 0.05) is 24.1 Å². The minimum atomic E-state index is -4.24. The van der Waals surface area contributed by atoms with Crippen LogP contribution in [-0.2, 0) is 29.1 Å². The zero-order chi connectivity index (χ0) is 44.5. The number of hydrogen-bond acceptors (Lipinski definition) is 13. The number of benzene rings is 2. The van der Waals surface area contributed by atoms with Crippen LogP contribution in [0.25, 0.3) is 11.1 Å². The maximum atomic E-state index is 14.1. The normalized spacial score (nSPS) is 12.3. The summed E-state index contributed by atoms with van der Waals surface area (Å²) in [5.41, 5.74) is 5.50. The number of amidine groups is 1. The molecule has 0 radical (unpaired) electrons. The number of carboxylic acid groups (broad SMARTS) is 1. The lowest BCUT2D eigenvalue weighted by Gasteiger charge is -2.22. The number of aliphatic imine (C=N–C) groups is 2. The van der Waals surface area contributed by atoms with Crippen LogP contribution in [0.15, 0.2) is 66.4 Å². The number of hydrogen-bond donors (Lipinski definition) is 6. The van der Waals surface area contributed by atoms with E-state index in [-0.39, 0.29) is 50.1 Å². The largest absolute Gasteiger partial charge is 0.463 e. The molecule has 7 N–H and O–H groups in total. The van der Waals surface area contributed by atoms with E-state index in [1.54, 1.807) is 66.9 Å². The average Bonchev–Trinajstić information content (AvgIpc) is 3.51. The number of rotatable bonds is 12. The number of nitrogens with zero attached hydrogens (tertiary/aromatic N) is 2. The molecule has 1 aromatic heterocycles. The molecule has 0 fully saturated rings. The number of amides is 5. The molecule has 0 atom stereocenters. The lowest BCUT2D eigenvalue weighted by Crippen LogP contribution is -2.47. The first-order valence-electron chi connectivity index (χ1n) is 17.7. The second-order valence-electron chi connectivity index (χ2n) is 14.9. The zero-order valence-electron chi connectivity index (χ0n) is 34.0. The summed E-state index contributed by atoms with van der Waals surface area (Å²) < 4.78 is 62.4. The van der Waals surface area contributed by atoms with E-state index in [0.717, 1.165) is 29.4 Å². The zero-order valence-corrected chi connectivity index (χ0v) is 37.3. The van der Waals surface area contributed by atoms with Gasteiger partial charge in [-0.1, -0.05) is 12.1 Å². The van der Waals surface area contributed by atoms with Crippen LogP contribution in [0.3, 0.4) is 0 Å². The van der Waals surface area contributed by atoms with Gasteiger partial charge in [-0.3, -0.25) is 10.6 Å². The number of ether oxygens (including phenoxy) is 2. The molecule has 2 aromatic carbocycles. The van der Waals surface area contributed by atoms with E-state index in [4.69, 9.17) is 20.3 Å². The van der Waals surface area contributed by atoms with Crippen molar-refractivity contribution in [1.29, 1.82) is 0 Å². The van der Waals surface area contributed by atoms with E-state index in [1.165, 1.54) is 30.3 Å². The van der Waals surface area contributed by atoms with Crippen LogP contribution < -0.4 is 27.0 Å². The Labute approximate surface area is 351 Å². The predicted molar refractivity (Wildman–Crippen MR) is 229 cm³/mol. The number of thiophene rings is 1. The molecule has 3 aromatic rings. The lowest BCUT2D eigenvalue weighted by atomic mass is 9.97. The summed E-state index contributed by atoms with van der Waals surface area (Å²) in [5.74, 6) is -0.782. The molecule has 322 valence electrons. The summed E-state index contributed by atoms with van der Waals surface area (Å²) in [5, 5.41) is 19.3. The standard InChI is InChI=1S/C37H49N7O11S4/c1-21-17-23(40-31(43-34(48)54-36(2,3)4)44-35(49)55-37(5,6)7)19-25(41-32(45)39-15-10-11-16-58(9,50)51)28(21)22-13-12-14-24(18-22)59(52,53)27-20-26(57-30(27)56-8)29(38)42-33(46)47/h12-14,17-20H,10-11,15-16H2,1-9H3,(H2,38,42)(H,46,47)(H2,39,41,45)(H2,40,43,44,48,49). The topological polar surface area (TPSA) is 274 Å². The maximum absolute atomic E-state index is 14.1. The molecule has 18 nitrogen and oxygen atoms in total. The first kappa shape index (κ1) is 48.2. The molecule has 5 amide bonds. The van der Waals surface area contributed by atoms with Crippen LogP contribution >= 0.6 is 23.1 Å². The van der Waals surface area contributed by atoms with Crippen molar-refractivity contribution in [1.82, 2.24) is 16.0 Å². The predicted octanol–water partition coefficient (Wildman–Crippen LogP) is 6.64. The number of guanidine groups is 1. The Morgan fingerprint density at radius 2 is 1.53 bits per heavy atom. The number of sulfone groups is 2. The summed E-state index contributed by atoms with van der Waals surface area (Å²) >= 11 is 2.10. The number of anilines is 1. The van der Waals surface area contributed by atoms with E-state index in [1.807, 2.05) is 0 Å². The van der Waals surface area contributed by atoms with Gasteiger partial charge in [-0.25, -0.2) is 41.0 Å². The van der Waals surface area contributed by atoms with Gasteiger partial charge in [0.15, 0.2) is 0 Å². The summed E-state index contributed by atoms with van der Waals surface area (Å²) in [6, 6.07) is 9.52. The molecular formula is C37H49N7O11S4. The highest BCUT2D eigenvalue weighted by atomic mass is 32.2. The summed E-state index contributed by atoms with van der Waals surface area (Å²) in [6.45, 7) is 11.7. The number of urea groups is 1. The van der Waals surface area contributed by atoms with Gasteiger partial charge >= 0.3 is 24.3 Å². The Kier molecular flexibility index (Phi) is 16.1. The summed E-state index contributed by atoms with van der Waals surface area (Å²) in [4.78, 5) is 57.6. The Morgan fingerprint density at radius 3 is 2.07 bits per heavy atom. The second kappa shape index (κ2) is 19.7. The Morgan fingerprint density at radius 1 is 0.915 bits per heavy atom. The van der Waals surface area contributed by atoms with Crippen LogP contribution in [-0.4, -0.2) is 94.1 Å². The van der Waals surface area contributed by atoms with Gasteiger partial charge in [0.25, 0.3) is 0 Å². The highest BCUT2D eigenvalue weighted by Crippen LogP contribution is 2.40. The van der Waals surface area contributed by atoms with E-state index in [0.29, 0.717) is 33.7 Å². The van der Waals surface area contributed by atoms with Crippen molar-refractivity contribution in [2.45, 2.75) is 86.5 Å². The van der Waals surface area contributed by atoms with E-state index in [9.17, 15) is 36.0 Å². The van der Waals surface area contributed by atoms with Crippen molar-refractivity contribution in [3.8, 4) is 11.1 Å². The third-order valence-corrected chi connectivity index (χ3v) is 12.7. The highest BCUT2D eigenvalue weighted by Gasteiger charge is 2.27. The molecule has 0 saturated carbocycles. The molecule has 0 spiro atoms. The van der Waals surface area contributed by atoms with Gasteiger partial charge < -0.3 is 30.9 Å². The minimum absolute atomic E-state index is 0.0512. The number of nitrogens with two attached hydrogens (primary N) is 1. The number of aryl methyl sites for hydroxylation is 1. The summed E-state index contributed by atoms with van der Waals surface area (Å²) in [6.07, 6.45) is 0.0495. The van der Waals surface area contributed by atoms with Gasteiger partial charge in [-0.05, 0) is 109 Å². The minimum Gasteiger partial charge on any atom is -0.463 e. The number of alkyl carbamates (subject to hydrolysis) is 2.